The van der Waals surface area contributed by atoms with Gasteiger partial charge in [-0.3, -0.25) is 14.5 Å². The molecule has 194 valence electrons. The van der Waals surface area contributed by atoms with E-state index in [4.69, 9.17) is 4.74 Å². The predicted molar refractivity (Wildman–Crippen MR) is 140 cm³/mol. The standard InChI is InChI=1S/C30H45NO4/c1-8-29(6)17-26(30(7)21(4)13-14-24(16-25(29)33)28(30)22(5)32)35-27(34)19-31(9-2)18-23-12-10-11-20(3)15-23/h8,10-12,15,21,24-26,28,33H,1,9,13-14,16-19H2,2-7H3/t21?,24?,25-,26+,28?,29+,30-/m0/s1. The maximum atomic E-state index is 13.4. The molecule has 1 N–H and O–H groups in total. The van der Waals surface area contributed by atoms with Crippen molar-refractivity contribution in [3.05, 3.63) is 48.0 Å². The van der Waals surface area contributed by atoms with Crippen LogP contribution in [0, 0.1) is 35.5 Å². The number of aryl methyl sites for hydroxylation is 1. The number of aliphatic hydroxyl groups excluding tert-OH is 1. The lowest BCUT2D eigenvalue weighted by molar-refractivity contribution is -0.186. The molecule has 2 bridgehead atoms. The third-order valence-electron chi connectivity index (χ3n) is 9.25. The minimum absolute atomic E-state index is 0.0814. The molecule has 0 aliphatic heterocycles. The highest BCUT2D eigenvalue weighted by molar-refractivity contribution is 5.80. The van der Waals surface area contributed by atoms with Crippen LogP contribution in [0.5, 0.6) is 0 Å². The molecule has 5 nitrogen and oxygen atoms in total. The molecule has 3 rings (SSSR count). The quantitative estimate of drug-likeness (QED) is 0.400. The van der Waals surface area contributed by atoms with Crippen LogP contribution in [-0.2, 0) is 20.9 Å². The van der Waals surface area contributed by atoms with Gasteiger partial charge in [0.15, 0.2) is 0 Å². The fourth-order valence-corrected chi connectivity index (χ4v) is 6.72. The fourth-order valence-electron chi connectivity index (χ4n) is 6.72. The average molecular weight is 484 g/mol. The summed E-state index contributed by atoms with van der Waals surface area (Å²) in [6, 6.07) is 8.33. The van der Waals surface area contributed by atoms with Crippen LogP contribution in [0.4, 0.5) is 0 Å². The molecule has 2 saturated carbocycles. The first-order valence-electron chi connectivity index (χ1n) is 13.2. The van der Waals surface area contributed by atoms with Gasteiger partial charge in [0.25, 0.3) is 0 Å². The molecule has 3 unspecified atom stereocenters. The number of rotatable bonds is 8. The van der Waals surface area contributed by atoms with E-state index in [-0.39, 0.29) is 36.1 Å². The maximum absolute atomic E-state index is 13.4. The van der Waals surface area contributed by atoms with Gasteiger partial charge >= 0.3 is 5.97 Å². The van der Waals surface area contributed by atoms with Crippen molar-refractivity contribution in [3.63, 3.8) is 0 Å². The molecular formula is C30H45NO4. The summed E-state index contributed by atoms with van der Waals surface area (Å²) in [5, 5.41) is 11.2. The van der Waals surface area contributed by atoms with E-state index in [1.54, 1.807) is 6.92 Å². The highest BCUT2D eigenvalue weighted by Crippen LogP contribution is 2.57. The third-order valence-corrected chi connectivity index (χ3v) is 9.25. The molecule has 0 spiro atoms. The van der Waals surface area contributed by atoms with Crippen molar-refractivity contribution in [1.29, 1.82) is 0 Å². The van der Waals surface area contributed by atoms with Crippen molar-refractivity contribution in [2.24, 2.45) is 28.6 Å². The molecule has 0 heterocycles. The highest BCUT2D eigenvalue weighted by Gasteiger charge is 2.58. The summed E-state index contributed by atoms with van der Waals surface area (Å²) >= 11 is 0. The molecule has 2 aliphatic rings. The minimum atomic E-state index is -0.625. The third kappa shape index (κ3) is 5.72. The second-order valence-electron chi connectivity index (χ2n) is 11.6. The largest absolute Gasteiger partial charge is 0.461 e. The van der Waals surface area contributed by atoms with Gasteiger partial charge in [0.1, 0.15) is 11.9 Å². The number of aliphatic hydroxyl groups is 1. The number of hydrogen-bond donors (Lipinski definition) is 1. The van der Waals surface area contributed by atoms with Crippen LogP contribution in [0.3, 0.4) is 0 Å². The SMILES string of the molecule is C=C[C@]1(C)C[C@@H](OC(=O)CN(CC)Cc2cccc(C)c2)[C@]2(C)C(C)CCC(C[C@@H]1O)C2C(C)=O. The van der Waals surface area contributed by atoms with Gasteiger partial charge in [0.2, 0.25) is 0 Å². The first-order chi connectivity index (χ1) is 16.4. The smallest absolute Gasteiger partial charge is 0.320 e. The Bertz CT molecular complexity index is 929. The lowest BCUT2D eigenvalue weighted by Gasteiger charge is -2.56. The summed E-state index contributed by atoms with van der Waals surface area (Å²) in [6.07, 6.45) is 3.63. The summed E-state index contributed by atoms with van der Waals surface area (Å²) < 4.78 is 6.31. The molecule has 35 heavy (non-hydrogen) atoms. The Morgan fingerprint density at radius 3 is 2.60 bits per heavy atom. The Kier molecular flexibility index (Phi) is 8.64. The fraction of sp³-hybridized carbons (Fsp3) is 0.667. The zero-order chi connectivity index (χ0) is 26.0. The van der Waals surface area contributed by atoms with Gasteiger partial charge < -0.3 is 9.84 Å². The lowest BCUT2D eigenvalue weighted by Crippen LogP contribution is -2.58. The van der Waals surface area contributed by atoms with Gasteiger partial charge in [-0.15, -0.1) is 6.58 Å². The molecule has 2 aliphatic carbocycles. The van der Waals surface area contributed by atoms with Crippen LogP contribution >= 0.6 is 0 Å². The molecule has 0 aromatic heterocycles. The number of benzene rings is 1. The molecule has 2 fully saturated rings. The summed E-state index contributed by atoms with van der Waals surface area (Å²) in [7, 11) is 0. The predicted octanol–water partition coefficient (Wildman–Crippen LogP) is 5.33. The molecule has 5 heteroatoms. The van der Waals surface area contributed by atoms with Gasteiger partial charge in [-0.2, -0.15) is 0 Å². The van der Waals surface area contributed by atoms with E-state index >= 15 is 0 Å². The topological polar surface area (TPSA) is 66.8 Å². The zero-order valence-electron chi connectivity index (χ0n) is 22.5. The molecule has 0 amide bonds. The Morgan fingerprint density at radius 1 is 1.29 bits per heavy atom. The number of ether oxygens (including phenoxy) is 1. The maximum Gasteiger partial charge on any atom is 0.320 e. The average Bonchev–Trinajstić information content (AvgIpc) is 2.79. The van der Waals surface area contributed by atoms with Crippen molar-refractivity contribution in [2.75, 3.05) is 13.1 Å². The first kappa shape index (κ1) is 27.6. The van der Waals surface area contributed by atoms with Crippen molar-refractivity contribution in [3.8, 4) is 0 Å². The van der Waals surface area contributed by atoms with E-state index in [9.17, 15) is 14.7 Å². The molecule has 1 aromatic carbocycles. The molecular weight excluding hydrogens is 438 g/mol. The van der Waals surface area contributed by atoms with Gasteiger partial charge in [0.05, 0.1) is 12.6 Å². The number of fused-ring (bicyclic) bond motifs is 2. The number of hydrogen-bond acceptors (Lipinski definition) is 5. The van der Waals surface area contributed by atoms with Gasteiger partial charge in [0, 0.05) is 23.3 Å². The van der Waals surface area contributed by atoms with Crippen LogP contribution in [0.2, 0.25) is 0 Å². The minimum Gasteiger partial charge on any atom is -0.461 e. The van der Waals surface area contributed by atoms with Crippen molar-refractivity contribution >= 4 is 11.8 Å². The number of ketones is 1. The summed E-state index contributed by atoms with van der Waals surface area (Å²) in [6.45, 7) is 17.7. The molecule has 0 saturated heterocycles. The van der Waals surface area contributed by atoms with Gasteiger partial charge in [-0.25, -0.2) is 0 Å². The number of carbonyl (C=O) groups excluding carboxylic acids is 2. The van der Waals surface area contributed by atoms with Crippen LogP contribution in [0.25, 0.3) is 0 Å². The van der Waals surface area contributed by atoms with E-state index in [1.165, 1.54) is 11.1 Å². The van der Waals surface area contributed by atoms with E-state index in [2.05, 4.69) is 50.4 Å². The normalized spacial score (nSPS) is 35.1. The van der Waals surface area contributed by atoms with Crippen LogP contribution in [0.15, 0.2) is 36.9 Å². The number of nitrogens with zero attached hydrogens (tertiary/aromatic N) is 1. The van der Waals surface area contributed by atoms with Gasteiger partial charge in [-0.05, 0) is 63.5 Å². The number of carbonyl (C=O) groups is 2. The van der Waals surface area contributed by atoms with Crippen molar-refractivity contribution < 1.29 is 19.4 Å². The highest BCUT2D eigenvalue weighted by atomic mass is 16.5. The van der Waals surface area contributed by atoms with E-state index < -0.39 is 23.0 Å². The van der Waals surface area contributed by atoms with Gasteiger partial charge in [-0.1, -0.05) is 63.6 Å². The summed E-state index contributed by atoms with van der Waals surface area (Å²) in [5.74, 6) is -0.0668. The number of Topliss-reactive ketones (excluding diaryl/α,β-unsaturated/α-hetero) is 1. The summed E-state index contributed by atoms with van der Waals surface area (Å²) in [5.41, 5.74) is 1.29. The van der Waals surface area contributed by atoms with Crippen LogP contribution < -0.4 is 0 Å². The van der Waals surface area contributed by atoms with E-state index in [1.807, 2.05) is 26.0 Å². The second-order valence-corrected chi connectivity index (χ2v) is 11.6. The van der Waals surface area contributed by atoms with E-state index in [0.29, 0.717) is 19.4 Å². The van der Waals surface area contributed by atoms with Crippen molar-refractivity contribution in [2.45, 2.75) is 86.0 Å². The number of esters is 1. The Morgan fingerprint density at radius 2 is 2.00 bits per heavy atom. The molecule has 1 aromatic rings. The Hall–Kier alpha value is -1.98. The number of likely N-dealkylation sites (N-methyl/N-ethyl adjacent to an activating group) is 1. The lowest BCUT2D eigenvalue weighted by atomic mass is 9.50. The zero-order valence-corrected chi connectivity index (χ0v) is 22.5. The Labute approximate surface area is 211 Å². The molecule has 7 atom stereocenters. The second kappa shape index (κ2) is 11.0. The monoisotopic (exact) mass is 483 g/mol. The first-order valence-corrected chi connectivity index (χ1v) is 13.2. The summed E-state index contributed by atoms with van der Waals surface area (Å²) in [4.78, 5) is 28.5. The van der Waals surface area contributed by atoms with Crippen LogP contribution in [0.1, 0.15) is 71.4 Å². The van der Waals surface area contributed by atoms with E-state index in [0.717, 1.165) is 19.4 Å². The van der Waals surface area contributed by atoms with Crippen LogP contribution in [-0.4, -0.2) is 47.1 Å². The van der Waals surface area contributed by atoms with Crippen molar-refractivity contribution in [1.82, 2.24) is 4.90 Å². The Balaban J connectivity index is 1.88. The molecule has 0 radical (unpaired) electrons.